The molecule has 4 rings (SSSR count). The number of aliphatic hydroxyl groups excluding tert-OH is 1. The van der Waals surface area contributed by atoms with E-state index in [0.29, 0.717) is 35.1 Å². The zero-order valence-corrected chi connectivity index (χ0v) is 20.3. The Bertz CT molecular complexity index is 1420. The maximum absolute atomic E-state index is 13.4. The largest absolute Gasteiger partial charge is 0.507 e. The van der Waals surface area contributed by atoms with E-state index in [1.807, 2.05) is 0 Å². The highest BCUT2D eigenvalue weighted by atomic mass is 16.6. The van der Waals surface area contributed by atoms with E-state index in [1.54, 1.807) is 49.4 Å². The summed E-state index contributed by atoms with van der Waals surface area (Å²) in [6, 6.07) is 15.7. The van der Waals surface area contributed by atoms with Crippen molar-refractivity contribution in [3.05, 3.63) is 93.5 Å². The standard InChI is InChI=1S/C27H24N2O8/c1-4-37-22-14-16(11-12-21(22)36-3)24-23(25(30)17-7-5-9-19(13-17)29(33)34)26(31)27(32)28(24)18-8-6-10-20(15-18)35-2/h5-15,24,30H,4H2,1-3H3/b25-23+. The maximum Gasteiger partial charge on any atom is 0.300 e. The lowest BCUT2D eigenvalue weighted by atomic mass is 9.94. The van der Waals surface area contributed by atoms with Crippen molar-refractivity contribution in [2.24, 2.45) is 0 Å². The summed E-state index contributed by atoms with van der Waals surface area (Å²) in [6.07, 6.45) is 0. The molecule has 0 radical (unpaired) electrons. The summed E-state index contributed by atoms with van der Waals surface area (Å²) in [5, 5.41) is 22.6. The van der Waals surface area contributed by atoms with Crippen LogP contribution in [0.25, 0.3) is 5.76 Å². The average molecular weight is 504 g/mol. The minimum atomic E-state index is -1.07. The fourth-order valence-electron chi connectivity index (χ4n) is 4.23. The monoisotopic (exact) mass is 504 g/mol. The van der Waals surface area contributed by atoms with Crippen LogP contribution in [0.3, 0.4) is 0 Å². The van der Waals surface area contributed by atoms with Crippen LogP contribution >= 0.6 is 0 Å². The number of benzene rings is 3. The van der Waals surface area contributed by atoms with Gasteiger partial charge in [-0.05, 0) is 36.8 Å². The molecule has 0 saturated carbocycles. The number of carbonyl (C=O) groups excluding carboxylic acids is 2. The molecule has 1 N–H and O–H groups in total. The molecule has 1 aliphatic rings. The highest BCUT2D eigenvalue weighted by Gasteiger charge is 2.47. The Morgan fingerprint density at radius 2 is 1.76 bits per heavy atom. The van der Waals surface area contributed by atoms with Crippen LogP contribution in [-0.2, 0) is 9.59 Å². The molecule has 3 aromatic rings. The molecule has 1 atom stereocenters. The van der Waals surface area contributed by atoms with Gasteiger partial charge in [-0.15, -0.1) is 0 Å². The minimum absolute atomic E-state index is 0.0291. The second kappa shape index (κ2) is 10.4. The van der Waals surface area contributed by atoms with Gasteiger partial charge in [-0.3, -0.25) is 24.6 Å². The second-order valence-electron chi connectivity index (χ2n) is 8.02. The average Bonchev–Trinajstić information content (AvgIpc) is 3.18. The fourth-order valence-corrected chi connectivity index (χ4v) is 4.23. The number of amides is 1. The van der Waals surface area contributed by atoms with Crippen LogP contribution in [0.5, 0.6) is 17.2 Å². The Hall–Kier alpha value is -4.86. The zero-order chi connectivity index (χ0) is 26.7. The molecule has 1 fully saturated rings. The molecule has 1 unspecified atom stereocenters. The Balaban J connectivity index is 1.98. The first-order valence-electron chi connectivity index (χ1n) is 11.3. The number of nitro groups is 1. The molecule has 1 saturated heterocycles. The number of methoxy groups -OCH3 is 2. The van der Waals surface area contributed by atoms with Crippen LogP contribution in [-0.4, -0.2) is 42.5 Å². The van der Waals surface area contributed by atoms with Crippen LogP contribution in [0.4, 0.5) is 11.4 Å². The van der Waals surface area contributed by atoms with Crippen molar-refractivity contribution in [3.63, 3.8) is 0 Å². The van der Waals surface area contributed by atoms with Gasteiger partial charge in [0.1, 0.15) is 11.5 Å². The number of nitro benzene ring substituents is 1. The van der Waals surface area contributed by atoms with Crippen molar-refractivity contribution in [2.45, 2.75) is 13.0 Å². The number of Topliss-reactive ketones (excluding diaryl/α,β-unsaturated/α-hetero) is 1. The van der Waals surface area contributed by atoms with Gasteiger partial charge in [-0.2, -0.15) is 0 Å². The number of anilines is 1. The van der Waals surface area contributed by atoms with E-state index in [2.05, 4.69) is 0 Å². The van der Waals surface area contributed by atoms with Crippen LogP contribution in [0.15, 0.2) is 72.3 Å². The summed E-state index contributed by atoms with van der Waals surface area (Å²) >= 11 is 0. The Kier molecular flexibility index (Phi) is 7.10. The maximum atomic E-state index is 13.4. The molecule has 10 nitrogen and oxygen atoms in total. The molecule has 0 aromatic heterocycles. The van der Waals surface area contributed by atoms with Crippen molar-refractivity contribution in [2.75, 3.05) is 25.7 Å². The van der Waals surface area contributed by atoms with Crippen molar-refractivity contribution in [1.29, 1.82) is 0 Å². The van der Waals surface area contributed by atoms with Gasteiger partial charge in [0, 0.05) is 29.4 Å². The van der Waals surface area contributed by atoms with Crippen LogP contribution in [0.1, 0.15) is 24.1 Å². The van der Waals surface area contributed by atoms with Gasteiger partial charge in [-0.25, -0.2) is 0 Å². The molecule has 1 heterocycles. The first-order chi connectivity index (χ1) is 17.8. The third-order valence-electron chi connectivity index (χ3n) is 5.91. The molecule has 10 heteroatoms. The van der Waals surface area contributed by atoms with Gasteiger partial charge in [0.2, 0.25) is 0 Å². The van der Waals surface area contributed by atoms with E-state index in [0.717, 1.165) is 6.07 Å². The third kappa shape index (κ3) is 4.68. The van der Waals surface area contributed by atoms with Gasteiger partial charge in [0.25, 0.3) is 17.4 Å². The number of non-ortho nitro benzene ring substituents is 1. The number of carbonyl (C=O) groups is 2. The quantitative estimate of drug-likeness (QED) is 0.155. The number of ketones is 1. The van der Waals surface area contributed by atoms with Gasteiger partial charge >= 0.3 is 0 Å². The topological polar surface area (TPSA) is 128 Å². The van der Waals surface area contributed by atoms with Gasteiger partial charge in [0.05, 0.1) is 37.4 Å². The van der Waals surface area contributed by atoms with Crippen LogP contribution in [0, 0.1) is 10.1 Å². The summed E-state index contributed by atoms with van der Waals surface area (Å²) < 4.78 is 16.4. The van der Waals surface area contributed by atoms with E-state index in [-0.39, 0.29) is 16.8 Å². The van der Waals surface area contributed by atoms with E-state index in [1.165, 1.54) is 37.3 Å². The van der Waals surface area contributed by atoms with Crippen LogP contribution < -0.4 is 19.1 Å². The highest BCUT2D eigenvalue weighted by Crippen LogP contribution is 2.44. The normalized spacial score (nSPS) is 16.5. The van der Waals surface area contributed by atoms with Crippen LogP contribution in [0.2, 0.25) is 0 Å². The molecule has 37 heavy (non-hydrogen) atoms. The number of ether oxygens (including phenoxy) is 3. The van der Waals surface area contributed by atoms with Gasteiger partial charge in [-0.1, -0.05) is 24.3 Å². The van der Waals surface area contributed by atoms with Crippen molar-refractivity contribution in [3.8, 4) is 17.2 Å². The number of hydrogen-bond acceptors (Lipinski definition) is 8. The Labute approximate surface area is 212 Å². The first kappa shape index (κ1) is 25.2. The summed E-state index contributed by atoms with van der Waals surface area (Å²) in [5.41, 5.74) is 0.351. The predicted molar refractivity (Wildman–Crippen MR) is 135 cm³/mol. The first-order valence-corrected chi connectivity index (χ1v) is 11.3. The van der Waals surface area contributed by atoms with Gasteiger partial charge < -0.3 is 19.3 Å². The molecule has 1 amide bonds. The zero-order valence-electron chi connectivity index (χ0n) is 20.3. The number of hydrogen-bond donors (Lipinski definition) is 1. The van der Waals surface area contributed by atoms with Crippen molar-refractivity contribution >= 4 is 28.8 Å². The molecule has 190 valence electrons. The molecule has 1 aliphatic heterocycles. The fraction of sp³-hybridized carbons (Fsp3) is 0.185. The summed E-state index contributed by atoms with van der Waals surface area (Å²) in [7, 11) is 2.97. The predicted octanol–water partition coefficient (Wildman–Crippen LogP) is 4.64. The smallest absolute Gasteiger partial charge is 0.300 e. The lowest BCUT2D eigenvalue weighted by molar-refractivity contribution is -0.384. The minimum Gasteiger partial charge on any atom is -0.507 e. The highest BCUT2D eigenvalue weighted by molar-refractivity contribution is 6.51. The lowest BCUT2D eigenvalue weighted by Crippen LogP contribution is -2.29. The number of aliphatic hydroxyl groups is 1. The molecule has 0 bridgehead atoms. The van der Waals surface area contributed by atoms with E-state index >= 15 is 0 Å². The lowest BCUT2D eigenvalue weighted by Gasteiger charge is -2.26. The summed E-state index contributed by atoms with van der Waals surface area (Å²) in [5.74, 6) is -1.06. The third-order valence-corrected chi connectivity index (χ3v) is 5.91. The second-order valence-corrected chi connectivity index (χ2v) is 8.02. The molecular formula is C27H24N2O8. The Morgan fingerprint density at radius 3 is 2.43 bits per heavy atom. The van der Waals surface area contributed by atoms with E-state index < -0.39 is 28.4 Å². The SMILES string of the molecule is CCOc1cc(C2/C(=C(\O)c3cccc([N+](=O)[O-])c3)C(=O)C(=O)N2c2cccc(OC)c2)ccc1OC. The molecule has 0 spiro atoms. The molecule has 3 aromatic carbocycles. The molecule has 0 aliphatic carbocycles. The van der Waals surface area contributed by atoms with Crippen molar-refractivity contribution in [1.82, 2.24) is 0 Å². The number of nitrogens with zero attached hydrogens (tertiary/aromatic N) is 2. The van der Waals surface area contributed by atoms with E-state index in [9.17, 15) is 24.8 Å². The molecular weight excluding hydrogens is 480 g/mol. The Morgan fingerprint density at radius 1 is 1.00 bits per heavy atom. The number of rotatable bonds is 8. The summed E-state index contributed by atoms with van der Waals surface area (Å²) in [6.45, 7) is 2.14. The van der Waals surface area contributed by atoms with E-state index in [4.69, 9.17) is 14.2 Å². The van der Waals surface area contributed by atoms with Crippen molar-refractivity contribution < 1.29 is 33.8 Å². The van der Waals surface area contributed by atoms with Gasteiger partial charge in [0.15, 0.2) is 11.5 Å². The summed E-state index contributed by atoms with van der Waals surface area (Å²) in [4.78, 5) is 38.7.